The van der Waals surface area contributed by atoms with Crippen LogP contribution in [0.1, 0.15) is 0 Å². The first-order valence-electron chi connectivity index (χ1n) is 2.43. The molecule has 1 saturated heterocycles. The summed E-state index contributed by atoms with van der Waals surface area (Å²) in [5, 5.41) is 8.52. The lowest BCUT2D eigenvalue weighted by Crippen LogP contribution is -2.10. The van der Waals surface area contributed by atoms with Gasteiger partial charge in [0.2, 0.25) is 0 Å². The van der Waals surface area contributed by atoms with Gasteiger partial charge >= 0.3 is 6.09 Å². The van der Waals surface area contributed by atoms with Gasteiger partial charge in [0.05, 0.1) is 0 Å². The van der Waals surface area contributed by atoms with Crippen LogP contribution in [0.25, 0.3) is 0 Å². The number of hydrogen-bond acceptors (Lipinski definition) is 5. The van der Waals surface area contributed by atoms with Crippen molar-refractivity contribution in [1.29, 1.82) is 0 Å². The first-order valence-corrected chi connectivity index (χ1v) is 6.98. The first-order chi connectivity index (χ1) is 4.80. The molecule has 1 amide bonds. The maximum absolute atomic E-state index is 10.4. The average molecular weight is 215 g/mol. The summed E-state index contributed by atoms with van der Waals surface area (Å²) in [6.07, 6.45) is -0.878. The quantitative estimate of drug-likeness (QED) is 0.495. The van der Waals surface area contributed by atoms with Gasteiger partial charge in [-0.05, 0) is 0 Å². The Morgan fingerprint density at radius 3 is 2.20 bits per heavy atom. The molecule has 10 heavy (non-hydrogen) atoms. The maximum Gasteiger partial charge on any atom is 0.429 e. The largest absolute Gasteiger partial charge is 0.464 e. The summed E-state index contributed by atoms with van der Waals surface area (Å²) in [5.74, 6) is 2.01. The smallest absolute Gasteiger partial charge is 0.429 e. The van der Waals surface area contributed by atoms with Crippen LogP contribution in [0, 0.1) is 0 Å². The Hall–Kier alpha value is 0.670. The van der Waals surface area contributed by atoms with E-state index < -0.39 is 6.09 Å². The third-order valence-corrected chi connectivity index (χ3v) is 5.98. The number of rotatable bonds is 0. The standard InChI is InChI=1S/C3H5NO2S4/c5-3(6)4-9-7-1-2-8-10-4/h1-2H2,(H,5,6). The van der Waals surface area contributed by atoms with Gasteiger partial charge in [0.15, 0.2) is 0 Å². The number of amides is 1. The molecule has 0 radical (unpaired) electrons. The lowest BCUT2D eigenvalue weighted by atomic mass is 11.0. The third kappa shape index (κ3) is 2.73. The minimum atomic E-state index is -0.878. The van der Waals surface area contributed by atoms with Crippen molar-refractivity contribution in [3.05, 3.63) is 0 Å². The zero-order valence-corrected chi connectivity index (χ0v) is 8.12. The fraction of sp³-hybridized carbons (Fsp3) is 0.667. The number of hydrogen-bond donors (Lipinski definition) is 1. The zero-order valence-electron chi connectivity index (χ0n) is 4.85. The van der Waals surface area contributed by atoms with E-state index >= 15 is 0 Å². The van der Waals surface area contributed by atoms with E-state index in [9.17, 15) is 4.79 Å². The minimum absolute atomic E-state index is 0.878. The van der Waals surface area contributed by atoms with E-state index in [1.807, 2.05) is 0 Å². The van der Waals surface area contributed by atoms with Crippen LogP contribution in [-0.4, -0.2) is 26.4 Å². The highest BCUT2D eigenvalue weighted by atomic mass is 33.1. The van der Waals surface area contributed by atoms with E-state index in [1.165, 1.54) is 25.7 Å². The van der Waals surface area contributed by atoms with Gasteiger partial charge in [-0.15, -0.1) is 0 Å². The lowest BCUT2D eigenvalue weighted by molar-refractivity contribution is 0.191. The number of carbonyl (C=O) groups is 1. The molecule has 7 heteroatoms. The Bertz CT molecular complexity index is 124. The molecule has 0 spiro atoms. The van der Waals surface area contributed by atoms with Gasteiger partial charge in [0.1, 0.15) is 0 Å². The van der Waals surface area contributed by atoms with Crippen LogP contribution in [0.2, 0.25) is 0 Å². The Kier molecular flexibility index (Phi) is 3.97. The molecule has 0 atom stereocenters. The van der Waals surface area contributed by atoms with E-state index in [2.05, 4.69) is 0 Å². The maximum atomic E-state index is 10.4. The van der Waals surface area contributed by atoms with E-state index in [4.69, 9.17) is 5.11 Å². The molecular formula is C3H5NO2S4. The van der Waals surface area contributed by atoms with Crippen LogP contribution in [0.15, 0.2) is 0 Å². The third-order valence-electron chi connectivity index (χ3n) is 0.647. The molecule has 0 bridgehead atoms. The fourth-order valence-corrected chi connectivity index (χ4v) is 5.72. The van der Waals surface area contributed by atoms with Crippen LogP contribution in [0.5, 0.6) is 0 Å². The Balaban J connectivity index is 2.35. The summed E-state index contributed by atoms with van der Waals surface area (Å²) in [6.45, 7) is 0. The van der Waals surface area contributed by atoms with Gasteiger partial charge in [-0.25, -0.2) is 4.79 Å². The summed E-state index contributed by atoms with van der Waals surface area (Å²) in [5.41, 5.74) is 0. The van der Waals surface area contributed by atoms with E-state index in [-0.39, 0.29) is 0 Å². The fourth-order valence-electron chi connectivity index (χ4n) is 0.314. The second-order valence-corrected chi connectivity index (χ2v) is 6.19. The van der Waals surface area contributed by atoms with Gasteiger partial charge < -0.3 is 5.11 Å². The SMILES string of the molecule is O=C(O)N1SSCCSS1. The van der Waals surface area contributed by atoms with Gasteiger partial charge in [0.25, 0.3) is 0 Å². The molecule has 0 saturated carbocycles. The molecule has 1 aliphatic heterocycles. The minimum Gasteiger partial charge on any atom is -0.464 e. The Labute approximate surface area is 74.7 Å². The molecule has 3 nitrogen and oxygen atoms in total. The summed E-state index contributed by atoms with van der Waals surface area (Å²) in [6, 6.07) is 0. The molecular weight excluding hydrogens is 210 g/mol. The van der Waals surface area contributed by atoms with Crippen molar-refractivity contribution in [1.82, 2.24) is 3.71 Å². The number of nitrogens with zero attached hydrogens (tertiary/aromatic N) is 1. The highest BCUT2D eigenvalue weighted by Crippen LogP contribution is 2.42. The molecule has 1 heterocycles. The molecule has 0 aromatic carbocycles. The van der Waals surface area contributed by atoms with Crippen LogP contribution < -0.4 is 0 Å². The summed E-state index contributed by atoms with van der Waals surface area (Å²) in [7, 11) is 5.71. The summed E-state index contributed by atoms with van der Waals surface area (Å²) in [4.78, 5) is 10.4. The van der Waals surface area contributed by atoms with E-state index in [0.717, 1.165) is 11.5 Å². The predicted octanol–water partition coefficient (Wildman–Crippen LogP) is 2.57. The van der Waals surface area contributed by atoms with Gasteiger partial charge in [-0.1, -0.05) is 21.6 Å². The summed E-state index contributed by atoms with van der Waals surface area (Å²) < 4.78 is 1.27. The Morgan fingerprint density at radius 2 is 1.80 bits per heavy atom. The predicted molar refractivity (Wildman–Crippen MR) is 50.0 cm³/mol. The number of carboxylic acid groups (broad SMARTS) is 1. The van der Waals surface area contributed by atoms with E-state index in [1.54, 1.807) is 21.6 Å². The van der Waals surface area contributed by atoms with Crippen molar-refractivity contribution in [2.45, 2.75) is 0 Å². The highest BCUT2D eigenvalue weighted by Gasteiger charge is 2.16. The molecule has 1 N–H and O–H groups in total. The van der Waals surface area contributed by atoms with Crippen molar-refractivity contribution in [3.63, 3.8) is 0 Å². The molecule has 1 aliphatic rings. The van der Waals surface area contributed by atoms with Gasteiger partial charge in [-0.3, -0.25) is 0 Å². The molecule has 0 aromatic heterocycles. The first kappa shape index (κ1) is 8.76. The topological polar surface area (TPSA) is 40.5 Å². The normalized spacial score (nSPS) is 20.2. The molecule has 0 aliphatic carbocycles. The second kappa shape index (κ2) is 4.53. The lowest BCUT2D eigenvalue weighted by Gasteiger charge is -2.09. The molecule has 0 unspecified atom stereocenters. The van der Waals surface area contributed by atoms with Crippen molar-refractivity contribution >= 4 is 49.6 Å². The van der Waals surface area contributed by atoms with Crippen molar-refractivity contribution < 1.29 is 9.90 Å². The van der Waals surface area contributed by atoms with E-state index in [0.29, 0.717) is 0 Å². The Morgan fingerprint density at radius 1 is 1.30 bits per heavy atom. The van der Waals surface area contributed by atoms with Crippen LogP contribution in [0.4, 0.5) is 4.79 Å². The van der Waals surface area contributed by atoms with Crippen LogP contribution in [-0.2, 0) is 0 Å². The van der Waals surface area contributed by atoms with Crippen LogP contribution in [0.3, 0.4) is 0 Å². The van der Waals surface area contributed by atoms with Crippen molar-refractivity contribution in [3.8, 4) is 0 Å². The summed E-state index contributed by atoms with van der Waals surface area (Å²) >= 11 is 0. The van der Waals surface area contributed by atoms with Gasteiger partial charge in [0, 0.05) is 33.5 Å². The van der Waals surface area contributed by atoms with Crippen LogP contribution >= 0.6 is 43.5 Å². The average Bonchev–Trinajstić information content (AvgIpc) is 2.12. The molecule has 1 rings (SSSR count). The highest BCUT2D eigenvalue weighted by molar-refractivity contribution is 8.84. The van der Waals surface area contributed by atoms with Gasteiger partial charge in [-0.2, -0.15) is 3.71 Å². The molecule has 58 valence electrons. The van der Waals surface area contributed by atoms with Crippen molar-refractivity contribution in [2.24, 2.45) is 0 Å². The zero-order chi connectivity index (χ0) is 7.40. The molecule has 0 aromatic rings. The van der Waals surface area contributed by atoms with Crippen molar-refractivity contribution in [2.75, 3.05) is 11.5 Å². The monoisotopic (exact) mass is 215 g/mol. The second-order valence-electron chi connectivity index (χ2n) is 1.33. The molecule has 1 fully saturated rings.